The van der Waals surface area contributed by atoms with Gasteiger partial charge in [-0.15, -0.1) is 0 Å². The van der Waals surface area contributed by atoms with E-state index in [0.717, 1.165) is 22.4 Å². The molecule has 0 aliphatic carbocycles. The molecule has 0 unspecified atom stereocenters. The molecule has 6 heteroatoms. The molecule has 0 radical (unpaired) electrons. The number of aromatic nitrogens is 1. The zero-order valence-electron chi connectivity index (χ0n) is 13.6. The van der Waals surface area contributed by atoms with Crippen molar-refractivity contribution >= 4 is 34.5 Å². The Balaban J connectivity index is 1.76. The minimum absolute atomic E-state index is 0.128. The first-order valence-electron chi connectivity index (χ1n) is 7.49. The molecule has 0 bridgehead atoms. The van der Waals surface area contributed by atoms with E-state index < -0.39 is 0 Å². The first-order valence-corrected chi connectivity index (χ1v) is 8.81. The monoisotopic (exact) mass is 360 g/mol. The largest absolute Gasteiger partial charge is 0.441 e. The highest BCUT2D eigenvalue weighted by molar-refractivity contribution is 7.08. The van der Waals surface area contributed by atoms with Gasteiger partial charge in [0.2, 0.25) is 11.8 Å². The lowest BCUT2D eigenvalue weighted by molar-refractivity contribution is -0.115. The predicted octanol–water partition coefficient (Wildman–Crippen LogP) is 5.16. The normalized spacial score (nSPS) is 10.8. The Kier molecular flexibility index (Phi) is 4.73. The van der Waals surface area contributed by atoms with Gasteiger partial charge in [-0.3, -0.25) is 4.79 Å². The van der Waals surface area contributed by atoms with Crippen molar-refractivity contribution < 1.29 is 9.21 Å². The van der Waals surface area contributed by atoms with Crippen molar-refractivity contribution in [2.45, 2.75) is 27.2 Å². The summed E-state index contributed by atoms with van der Waals surface area (Å²) in [5, 5.41) is 7.54. The number of halogens is 1. The smallest absolute Gasteiger partial charge is 0.230 e. The van der Waals surface area contributed by atoms with Crippen LogP contribution in [-0.2, 0) is 11.2 Å². The van der Waals surface area contributed by atoms with Crippen LogP contribution in [0.5, 0.6) is 0 Å². The minimum atomic E-state index is -0.128. The van der Waals surface area contributed by atoms with Crippen molar-refractivity contribution in [3.63, 3.8) is 0 Å². The Morgan fingerprint density at radius 3 is 2.62 bits per heavy atom. The van der Waals surface area contributed by atoms with E-state index in [1.54, 1.807) is 11.3 Å². The lowest BCUT2D eigenvalue weighted by Crippen LogP contribution is -2.16. The minimum Gasteiger partial charge on any atom is -0.441 e. The number of carbonyl (C=O) groups excluding carboxylic acids is 1. The molecule has 124 valence electrons. The number of benzene rings is 1. The maximum Gasteiger partial charge on any atom is 0.230 e. The molecular formula is C18H17ClN2O2S. The summed E-state index contributed by atoms with van der Waals surface area (Å²) in [7, 11) is 0. The second kappa shape index (κ2) is 6.79. The van der Waals surface area contributed by atoms with E-state index in [1.807, 2.05) is 49.7 Å². The van der Waals surface area contributed by atoms with Crippen LogP contribution in [0.2, 0.25) is 5.02 Å². The van der Waals surface area contributed by atoms with Gasteiger partial charge in [0.05, 0.1) is 12.1 Å². The number of aryl methyl sites for hydroxylation is 3. The van der Waals surface area contributed by atoms with Gasteiger partial charge in [-0.05, 0) is 55.5 Å². The number of anilines is 1. The fraction of sp³-hybridized carbons (Fsp3) is 0.222. The van der Waals surface area contributed by atoms with Crippen LogP contribution in [0.15, 0.2) is 33.4 Å². The maximum absolute atomic E-state index is 12.4. The summed E-state index contributed by atoms with van der Waals surface area (Å²) in [6.07, 6.45) is 0.168. The summed E-state index contributed by atoms with van der Waals surface area (Å²) in [5.41, 5.74) is 4.24. The van der Waals surface area contributed by atoms with E-state index in [9.17, 15) is 4.79 Å². The quantitative estimate of drug-likeness (QED) is 0.698. The topological polar surface area (TPSA) is 55.1 Å². The highest BCUT2D eigenvalue weighted by atomic mass is 35.5. The van der Waals surface area contributed by atoms with E-state index >= 15 is 0 Å². The number of oxazole rings is 1. The lowest BCUT2D eigenvalue weighted by atomic mass is 10.1. The Labute approximate surface area is 149 Å². The van der Waals surface area contributed by atoms with E-state index in [-0.39, 0.29) is 12.3 Å². The summed E-state index contributed by atoms with van der Waals surface area (Å²) < 4.78 is 5.67. The molecule has 1 amide bonds. The number of hydrogen-bond donors (Lipinski definition) is 1. The Morgan fingerprint density at radius 1 is 1.29 bits per heavy atom. The van der Waals surface area contributed by atoms with E-state index in [1.165, 1.54) is 0 Å². The predicted molar refractivity (Wildman–Crippen MR) is 97.8 cm³/mol. The van der Waals surface area contributed by atoms with Crippen LogP contribution in [0.1, 0.15) is 22.6 Å². The molecule has 2 heterocycles. The number of hydrogen-bond acceptors (Lipinski definition) is 4. The zero-order chi connectivity index (χ0) is 17.3. The number of nitrogens with zero attached hydrogens (tertiary/aromatic N) is 1. The van der Waals surface area contributed by atoms with Crippen molar-refractivity contribution in [3.8, 4) is 11.5 Å². The molecule has 1 aromatic carbocycles. The van der Waals surface area contributed by atoms with Gasteiger partial charge in [0.15, 0.2) is 0 Å². The molecule has 3 rings (SSSR count). The fourth-order valence-electron chi connectivity index (χ4n) is 2.55. The van der Waals surface area contributed by atoms with Crippen molar-refractivity contribution in [1.29, 1.82) is 0 Å². The van der Waals surface area contributed by atoms with Gasteiger partial charge in [0.1, 0.15) is 5.76 Å². The van der Waals surface area contributed by atoms with Crippen molar-refractivity contribution in [2.75, 3.05) is 5.32 Å². The molecule has 2 aromatic heterocycles. The van der Waals surface area contributed by atoms with Crippen LogP contribution in [0.4, 0.5) is 5.69 Å². The fourth-order valence-corrected chi connectivity index (χ4v) is 3.50. The molecule has 1 N–H and O–H groups in total. The van der Waals surface area contributed by atoms with E-state index in [0.29, 0.717) is 22.4 Å². The molecule has 3 aromatic rings. The highest BCUT2D eigenvalue weighted by Gasteiger charge is 2.16. The van der Waals surface area contributed by atoms with Crippen molar-refractivity contribution in [2.24, 2.45) is 0 Å². The van der Waals surface area contributed by atoms with Gasteiger partial charge in [-0.1, -0.05) is 11.6 Å². The van der Waals surface area contributed by atoms with E-state index in [4.69, 9.17) is 16.0 Å². The van der Waals surface area contributed by atoms with Crippen LogP contribution in [-0.4, -0.2) is 10.9 Å². The number of rotatable bonds is 4. The first kappa shape index (κ1) is 16.7. The Morgan fingerprint density at radius 2 is 2.00 bits per heavy atom. The molecular weight excluding hydrogens is 344 g/mol. The molecule has 0 aliphatic heterocycles. The molecule has 4 nitrogen and oxygen atoms in total. The summed E-state index contributed by atoms with van der Waals surface area (Å²) in [4.78, 5) is 16.8. The summed E-state index contributed by atoms with van der Waals surface area (Å²) >= 11 is 7.61. The lowest BCUT2D eigenvalue weighted by Gasteiger charge is -2.11. The number of carbonyl (C=O) groups is 1. The van der Waals surface area contributed by atoms with Crippen LogP contribution in [0.25, 0.3) is 11.5 Å². The maximum atomic E-state index is 12.4. The zero-order valence-corrected chi connectivity index (χ0v) is 15.2. The molecule has 0 spiro atoms. The average Bonchev–Trinajstić information content (AvgIpc) is 3.13. The second-order valence-corrected chi connectivity index (χ2v) is 6.89. The van der Waals surface area contributed by atoms with Crippen LogP contribution in [0, 0.1) is 20.8 Å². The highest BCUT2D eigenvalue weighted by Crippen LogP contribution is 2.26. The summed E-state index contributed by atoms with van der Waals surface area (Å²) in [5.74, 6) is 1.09. The van der Waals surface area contributed by atoms with Gasteiger partial charge in [-0.2, -0.15) is 11.3 Å². The third kappa shape index (κ3) is 3.52. The molecule has 0 fully saturated rings. The number of amides is 1. The Bertz CT molecular complexity index is 862. The molecule has 0 atom stereocenters. The van der Waals surface area contributed by atoms with Crippen LogP contribution < -0.4 is 5.32 Å². The second-order valence-electron chi connectivity index (χ2n) is 5.67. The van der Waals surface area contributed by atoms with Gasteiger partial charge >= 0.3 is 0 Å². The van der Waals surface area contributed by atoms with Crippen LogP contribution in [0.3, 0.4) is 0 Å². The van der Waals surface area contributed by atoms with Gasteiger partial charge in [-0.25, -0.2) is 4.98 Å². The molecule has 24 heavy (non-hydrogen) atoms. The third-order valence-corrected chi connectivity index (χ3v) is 4.65. The summed E-state index contributed by atoms with van der Waals surface area (Å²) in [6, 6.07) is 5.61. The molecule has 0 saturated heterocycles. The van der Waals surface area contributed by atoms with Gasteiger partial charge in [0.25, 0.3) is 0 Å². The Hall–Kier alpha value is -2.11. The van der Waals surface area contributed by atoms with Gasteiger partial charge < -0.3 is 9.73 Å². The van der Waals surface area contributed by atoms with Crippen LogP contribution >= 0.6 is 22.9 Å². The number of thiophene rings is 1. The molecule has 0 aliphatic rings. The van der Waals surface area contributed by atoms with Gasteiger partial charge in [0, 0.05) is 21.7 Å². The molecule has 0 saturated carbocycles. The van der Waals surface area contributed by atoms with Crippen molar-refractivity contribution in [1.82, 2.24) is 4.98 Å². The standard InChI is InChI=1S/C18H17ClN2O2S/c1-10-6-14(19)7-11(2)17(10)21-16(22)8-15-12(3)23-18(20-15)13-4-5-24-9-13/h4-7,9H,8H2,1-3H3,(H,21,22). The third-order valence-electron chi connectivity index (χ3n) is 3.75. The number of nitrogens with one attached hydrogen (secondary N) is 1. The summed E-state index contributed by atoms with van der Waals surface area (Å²) in [6.45, 7) is 5.67. The van der Waals surface area contributed by atoms with E-state index in [2.05, 4.69) is 10.3 Å². The first-order chi connectivity index (χ1) is 11.4. The average molecular weight is 361 g/mol. The van der Waals surface area contributed by atoms with Crippen molar-refractivity contribution in [3.05, 3.63) is 56.6 Å². The SMILES string of the molecule is Cc1cc(Cl)cc(C)c1NC(=O)Cc1nc(-c2ccsc2)oc1C.